The van der Waals surface area contributed by atoms with Gasteiger partial charge in [0.2, 0.25) is 11.8 Å². The zero-order valence-corrected chi connectivity index (χ0v) is 17.2. The van der Waals surface area contributed by atoms with E-state index in [9.17, 15) is 9.59 Å². The number of benzene rings is 1. The molecule has 29 heavy (non-hydrogen) atoms. The summed E-state index contributed by atoms with van der Waals surface area (Å²) in [5, 5.41) is 3.44. The maximum atomic E-state index is 12.7. The van der Waals surface area contributed by atoms with Crippen LogP contribution in [0, 0.1) is 0 Å². The van der Waals surface area contributed by atoms with Gasteiger partial charge in [-0.1, -0.05) is 17.7 Å². The van der Waals surface area contributed by atoms with Gasteiger partial charge in [-0.3, -0.25) is 14.6 Å². The van der Waals surface area contributed by atoms with Crippen LogP contribution in [-0.4, -0.2) is 60.0 Å². The van der Waals surface area contributed by atoms with Gasteiger partial charge < -0.3 is 20.9 Å². The third-order valence-corrected chi connectivity index (χ3v) is 5.26. The van der Waals surface area contributed by atoms with Crippen molar-refractivity contribution in [3.63, 3.8) is 0 Å². The summed E-state index contributed by atoms with van der Waals surface area (Å²) in [6, 6.07) is 11.8. The molecule has 2 heterocycles. The number of anilines is 1. The van der Waals surface area contributed by atoms with E-state index < -0.39 is 12.1 Å². The molecule has 7 nitrogen and oxygen atoms in total. The van der Waals surface area contributed by atoms with Crippen molar-refractivity contribution < 1.29 is 9.59 Å². The number of pyridine rings is 1. The SMILES string of the molecule is C[C@H](NC(=O)[C@@H](N)Cc1ccccn1)C(=O)N1CCN(c2ccc(Cl)cc2)CC1. The lowest BCUT2D eigenvalue weighted by Gasteiger charge is -2.37. The summed E-state index contributed by atoms with van der Waals surface area (Å²) in [6.07, 6.45) is 1.99. The summed E-state index contributed by atoms with van der Waals surface area (Å²) < 4.78 is 0. The molecular formula is C21H26ClN5O2. The molecule has 0 spiro atoms. The Kier molecular flexibility index (Phi) is 7.06. The highest BCUT2D eigenvalue weighted by molar-refractivity contribution is 6.30. The Hall–Kier alpha value is -2.64. The average molecular weight is 416 g/mol. The lowest BCUT2D eigenvalue weighted by molar-refractivity contribution is -0.136. The van der Waals surface area contributed by atoms with Crippen molar-refractivity contribution in [1.82, 2.24) is 15.2 Å². The third kappa shape index (κ3) is 5.68. The number of hydrogen-bond acceptors (Lipinski definition) is 5. The van der Waals surface area contributed by atoms with E-state index in [2.05, 4.69) is 15.2 Å². The van der Waals surface area contributed by atoms with Gasteiger partial charge in [0.15, 0.2) is 0 Å². The van der Waals surface area contributed by atoms with Crippen LogP contribution in [0.2, 0.25) is 5.02 Å². The summed E-state index contributed by atoms with van der Waals surface area (Å²) in [5.74, 6) is -0.449. The smallest absolute Gasteiger partial charge is 0.244 e. The highest BCUT2D eigenvalue weighted by Gasteiger charge is 2.27. The number of rotatable bonds is 6. The van der Waals surface area contributed by atoms with Crippen molar-refractivity contribution in [3.05, 3.63) is 59.4 Å². The second kappa shape index (κ2) is 9.71. The monoisotopic (exact) mass is 415 g/mol. The molecule has 2 atom stereocenters. The van der Waals surface area contributed by atoms with Crippen LogP contribution in [0.15, 0.2) is 48.7 Å². The highest BCUT2D eigenvalue weighted by Crippen LogP contribution is 2.19. The summed E-state index contributed by atoms with van der Waals surface area (Å²) in [5.41, 5.74) is 7.81. The van der Waals surface area contributed by atoms with Crippen molar-refractivity contribution >= 4 is 29.1 Å². The van der Waals surface area contributed by atoms with Gasteiger partial charge in [0, 0.05) is 55.2 Å². The van der Waals surface area contributed by atoms with Crippen molar-refractivity contribution in [2.45, 2.75) is 25.4 Å². The van der Waals surface area contributed by atoms with Crippen molar-refractivity contribution in [2.24, 2.45) is 5.73 Å². The first-order chi connectivity index (χ1) is 13.9. The zero-order chi connectivity index (χ0) is 20.8. The number of nitrogens with two attached hydrogens (primary N) is 1. The molecule has 1 fully saturated rings. The number of nitrogens with one attached hydrogen (secondary N) is 1. The Bertz CT molecular complexity index is 823. The zero-order valence-electron chi connectivity index (χ0n) is 16.4. The molecule has 3 rings (SSSR count). The normalized spacial score (nSPS) is 16.2. The summed E-state index contributed by atoms with van der Waals surface area (Å²) in [4.78, 5) is 33.3. The number of nitrogens with zero attached hydrogens (tertiary/aromatic N) is 3. The standard InChI is InChI=1S/C21H26ClN5O2/c1-15(25-20(28)19(23)14-17-4-2-3-9-24-17)21(29)27-12-10-26(11-13-27)18-7-5-16(22)6-8-18/h2-9,15,19H,10-14,23H2,1H3,(H,25,28)/t15-,19-/m0/s1. The van der Waals surface area contributed by atoms with Gasteiger partial charge in [-0.25, -0.2) is 0 Å². The van der Waals surface area contributed by atoms with Gasteiger partial charge >= 0.3 is 0 Å². The molecule has 3 N–H and O–H groups in total. The maximum Gasteiger partial charge on any atom is 0.244 e. The van der Waals surface area contributed by atoms with E-state index in [0.29, 0.717) is 24.5 Å². The summed E-state index contributed by atoms with van der Waals surface area (Å²) in [7, 11) is 0. The lowest BCUT2D eigenvalue weighted by atomic mass is 10.1. The molecule has 0 radical (unpaired) electrons. The average Bonchev–Trinajstić information content (AvgIpc) is 2.74. The first kappa shape index (κ1) is 21.1. The molecule has 1 aromatic heterocycles. The minimum Gasteiger partial charge on any atom is -0.368 e. The van der Waals surface area contributed by atoms with E-state index >= 15 is 0 Å². The van der Waals surface area contributed by atoms with E-state index in [0.717, 1.165) is 24.5 Å². The lowest BCUT2D eigenvalue weighted by Crippen LogP contribution is -2.56. The molecule has 2 aromatic rings. The van der Waals surface area contributed by atoms with Gasteiger partial charge in [-0.15, -0.1) is 0 Å². The molecule has 1 saturated heterocycles. The fourth-order valence-corrected chi connectivity index (χ4v) is 3.46. The van der Waals surface area contributed by atoms with Gasteiger partial charge in [0.05, 0.1) is 6.04 Å². The number of amides is 2. The number of carbonyl (C=O) groups excluding carboxylic acids is 2. The molecular weight excluding hydrogens is 390 g/mol. The molecule has 0 saturated carbocycles. The number of halogens is 1. The predicted octanol–water partition coefficient (Wildman–Crippen LogP) is 1.46. The second-order valence-corrected chi connectivity index (χ2v) is 7.59. The summed E-state index contributed by atoms with van der Waals surface area (Å²) >= 11 is 5.94. The Morgan fingerprint density at radius 3 is 2.45 bits per heavy atom. The molecule has 0 unspecified atom stereocenters. The quantitative estimate of drug-likeness (QED) is 0.745. The first-order valence-electron chi connectivity index (χ1n) is 9.69. The maximum absolute atomic E-state index is 12.7. The Morgan fingerprint density at radius 1 is 1.14 bits per heavy atom. The predicted molar refractivity (Wildman–Crippen MR) is 114 cm³/mol. The molecule has 1 aromatic carbocycles. The van der Waals surface area contributed by atoms with Gasteiger partial charge in [0.25, 0.3) is 0 Å². The number of hydrogen-bond donors (Lipinski definition) is 2. The summed E-state index contributed by atoms with van der Waals surface area (Å²) in [6.45, 7) is 4.35. The van der Waals surface area contributed by atoms with E-state index in [1.54, 1.807) is 18.0 Å². The van der Waals surface area contributed by atoms with Crippen LogP contribution >= 0.6 is 11.6 Å². The van der Waals surface area contributed by atoms with Crippen LogP contribution < -0.4 is 16.0 Å². The van der Waals surface area contributed by atoms with E-state index in [1.807, 2.05) is 42.5 Å². The van der Waals surface area contributed by atoms with Crippen LogP contribution in [0.1, 0.15) is 12.6 Å². The molecule has 1 aliphatic heterocycles. The van der Waals surface area contributed by atoms with Crippen LogP contribution in [-0.2, 0) is 16.0 Å². The number of aromatic nitrogens is 1. The Morgan fingerprint density at radius 2 is 1.83 bits per heavy atom. The number of piperazine rings is 1. The first-order valence-corrected chi connectivity index (χ1v) is 10.1. The second-order valence-electron chi connectivity index (χ2n) is 7.15. The van der Waals surface area contributed by atoms with Crippen LogP contribution in [0.3, 0.4) is 0 Å². The van der Waals surface area contributed by atoms with Gasteiger partial charge in [0.1, 0.15) is 6.04 Å². The highest BCUT2D eigenvalue weighted by atomic mass is 35.5. The molecule has 2 amide bonds. The minimum atomic E-state index is -0.748. The largest absolute Gasteiger partial charge is 0.368 e. The Labute approximate surface area is 175 Å². The van der Waals surface area contributed by atoms with Crippen molar-refractivity contribution in [3.8, 4) is 0 Å². The van der Waals surface area contributed by atoms with E-state index in [-0.39, 0.29) is 11.8 Å². The van der Waals surface area contributed by atoms with Gasteiger partial charge in [-0.05, 0) is 43.3 Å². The van der Waals surface area contributed by atoms with E-state index in [4.69, 9.17) is 17.3 Å². The Balaban J connectivity index is 1.47. The minimum absolute atomic E-state index is 0.0980. The number of carbonyl (C=O) groups is 2. The third-order valence-electron chi connectivity index (χ3n) is 5.00. The fourth-order valence-electron chi connectivity index (χ4n) is 3.33. The molecule has 0 bridgehead atoms. The van der Waals surface area contributed by atoms with Crippen LogP contribution in [0.4, 0.5) is 5.69 Å². The fraction of sp³-hybridized carbons (Fsp3) is 0.381. The topological polar surface area (TPSA) is 91.6 Å². The van der Waals surface area contributed by atoms with Crippen molar-refractivity contribution in [2.75, 3.05) is 31.1 Å². The van der Waals surface area contributed by atoms with Crippen LogP contribution in [0.5, 0.6) is 0 Å². The molecule has 0 aliphatic carbocycles. The van der Waals surface area contributed by atoms with Crippen molar-refractivity contribution in [1.29, 1.82) is 0 Å². The van der Waals surface area contributed by atoms with E-state index in [1.165, 1.54) is 0 Å². The molecule has 8 heteroatoms. The molecule has 154 valence electrons. The van der Waals surface area contributed by atoms with Crippen LogP contribution in [0.25, 0.3) is 0 Å². The molecule has 1 aliphatic rings. The van der Waals surface area contributed by atoms with Gasteiger partial charge in [-0.2, -0.15) is 0 Å².